The van der Waals surface area contributed by atoms with Crippen molar-refractivity contribution in [3.8, 4) is 6.07 Å². The number of benzene rings is 2. The van der Waals surface area contributed by atoms with E-state index in [-0.39, 0.29) is 18.4 Å². The number of nitriles is 1. The molecule has 2 aromatic carbocycles. The van der Waals surface area contributed by atoms with E-state index in [9.17, 15) is 9.59 Å². The molecule has 1 fully saturated rings. The minimum Gasteiger partial charge on any atom is -0.325 e. The third-order valence-electron chi connectivity index (χ3n) is 5.97. The average molecular weight is 400 g/mol. The number of hydrogen-bond acceptors (Lipinski definition) is 4. The van der Waals surface area contributed by atoms with Gasteiger partial charge in [-0.3, -0.25) is 14.6 Å². The normalized spacial score (nSPS) is 23.2. The van der Waals surface area contributed by atoms with Gasteiger partial charge in [0.25, 0.3) is 5.91 Å². The molecule has 2 aromatic rings. The minimum absolute atomic E-state index is 0.0656. The van der Waals surface area contributed by atoms with Gasteiger partial charge < -0.3 is 10.2 Å². The van der Waals surface area contributed by atoms with Crippen molar-refractivity contribution in [2.45, 2.75) is 38.3 Å². The number of nitrogens with zero attached hydrogens (tertiary/aromatic N) is 3. The summed E-state index contributed by atoms with van der Waals surface area (Å²) >= 11 is 0. The maximum Gasteiger partial charge on any atom is 0.275 e. The first kappa shape index (κ1) is 19.8. The molecular weight excluding hydrogens is 376 g/mol. The maximum absolute atomic E-state index is 13.3. The number of rotatable bonds is 4. The third-order valence-corrected chi connectivity index (χ3v) is 5.97. The first-order valence-electron chi connectivity index (χ1n) is 10.3. The summed E-state index contributed by atoms with van der Waals surface area (Å²) in [5, 5.41) is 11.9. The quantitative estimate of drug-likeness (QED) is 0.848. The molecule has 0 aromatic heterocycles. The number of hydrogen-bond donors (Lipinski definition) is 1. The molecule has 1 spiro atoms. The van der Waals surface area contributed by atoms with Crippen LogP contribution in [0.25, 0.3) is 0 Å². The lowest BCUT2D eigenvalue weighted by Crippen LogP contribution is -2.51. The van der Waals surface area contributed by atoms with E-state index in [1.165, 1.54) is 0 Å². The second kappa shape index (κ2) is 8.11. The summed E-state index contributed by atoms with van der Waals surface area (Å²) in [4.78, 5) is 32.7. The molecule has 2 aliphatic rings. The Balaban J connectivity index is 1.58. The monoisotopic (exact) mass is 400 g/mol. The molecule has 0 saturated heterocycles. The molecule has 152 valence electrons. The number of anilines is 1. The van der Waals surface area contributed by atoms with Gasteiger partial charge in [0, 0.05) is 11.3 Å². The molecule has 4 rings (SSSR count). The summed E-state index contributed by atoms with van der Waals surface area (Å²) in [5.41, 5.74) is 1.58. The Morgan fingerprint density at radius 3 is 2.63 bits per heavy atom. The van der Waals surface area contributed by atoms with Crippen LogP contribution in [0, 0.1) is 17.2 Å². The van der Waals surface area contributed by atoms with Crippen molar-refractivity contribution in [2.24, 2.45) is 10.9 Å². The molecule has 1 aliphatic heterocycles. The number of carbonyl (C=O) groups excluding carboxylic acids is 2. The molecule has 0 atom stereocenters. The molecule has 1 saturated carbocycles. The fraction of sp³-hybridized carbons (Fsp3) is 0.333. The van der Waals surface area contributed by atoms with E-state index in [4.69, 9.17) is 10.3 Å². The summed E-state index contributed by atoms with van der Waals surface area (Å²) in [6.45, 7) is 2.15. The van der Waals surface area contributed by atoms with Crippen LogP contribution in [0.3, 0.4) is 0 Å². The summed E-state index contributed by atoms with van der Waals surface area (Å²) < 4.78 is 0. The average Bonchev–Trinajstić information content (AvgIpc) is 3.03. The predicted octanol–water partition coefficient (Wildman–Crippen LogP) is 3.73. The summed E-state index contributed by atoms with van der Waals surface area (Å²) in [7, 11) is 0. The van der Waals surface area contributed by atoms with E-state index in [0.717, 1.165) is 31.2 Å². The van der Waals surface area contributed by atoms with Crippen molar-refractivity contribution in [1.82, 2.24) is 4.90 Å². The van der Waals surface area contributed by atoms with Gasteiger partial charge in [0.1, 0.15) is 17.9 Å². The van der Waals surface area contributed by atoms with Gasteiger partial charge in [-0.05, 0) is 49.8 Å². The SMILES string of the molecule is CC1CCC2(CC1)N=C(c1ccccc1)C(=O)N2CC(=O)Nc1cccc(C#N)c1. The van der Waals surface area contributed by atoms with Crippen LogP contribution in [-0.4, -0.2) is 34.6 Å². The van der Waals surface area contributed by atoms with E-state index in [0.29, 0.717) is 22.9 Å². The molecular formula is C24H24N4O2. The molecule has 6 heteroatoms. The van der Waals surface area contributed by atoms with Crippen molar-refractivity contribution in [3.05, 3.63) is 65.7 Å². The summed E-state index contributed by atoms with van der Waals surface area (Å²) in [6.07, 6.45) is 3.46. The van der Waals surface area contributed by atoms with Crippen LogP contribution in [0.15, 0.2) is 59.6 Å². The van der Waals surface area contributed by atoms with Gasteiger partial charge in [-0.15, -0.1) is 0 Å². The lowest BCUT2D eigenvalue weighted by Gasteiger charge is -2.40. The topological polar surface area (TPSA) is 85.6 Å². The van der Waals surface area contributed by atoms with E-state index in [2.05, 4.69) is 18.3 Å². The van der Waals surface area contributed by atoms with Crippen LogP contribution in [0.1, 0.15) is 43.7 Å². The highest BCUT2D eigenvalue weighted by Crippen LogP contribution is 2.41. The molecule has 2 amide bonds. The zero-order chi connectivity index (χ0) is 21.1. The van der Waals surface area contributed by atoms with Crippen LogP contribution in [0.5, 0.6) is 0 Å². The second-order valence-electron chi connectivity index (χ2n) is 8.12. The number of aliphatic imine (C=N–C) groups is 1. The van der Waals surface area contributed by atoms with Gasteiger partial charge in [-0.25, -0.2) is 0 Å². The van der Waals surface area contributed by atoms with Gasteiger partial charge in [0.05, 0.1) is 11.6 Å². The van der Waals surface area contributed by atoms with Crippen molar-refractivity contribution >= 4 is 23.2 Å². The molecule has 1 heterocycles. The molecule has 6 nitrogen and oxygen atoms in total. The molecule has 1 N–H and O–H groups in total. The van der Waals surface area contributed by atoms with Gasteiger partial charge >= 0.3 is 0 Å². The highest BCUT2D eigenvalue weighted by atomic mass is 16.2. The van der Waals surface area contributed by atoms with E-state index < -0.39 is 5.66 Å². The van der Waals surface area contributed by atoms with Crippen molar-refractivity contribution in [3.63, 3.8) is 0 Å². The number of amides is 2. The minimum atomic E-state index is -0.652. The van der Waals surface area contributed by atoms with E-state index in [1.54, 1.807) is 29.2 Å². The molecule has 0 radical (unpaired) electrons. The van der Waals surface area contributed by atoms with Crippen LogP contribution < -0.4 is 5.32 Å². The van der Waals surface area contributed by atoms with Crippen molar-refractivity contribution in [2.75, 3.05) is 11.9 Å². The lowest BCUT2D eigenvalue weighted by atomic mass is 9.82. The van der Waals surface area contributed by atoms with Crippen LogP contribution in [0.2, 0.25) is 0 Å². The molecule has 0 bridgehead atoms. The fourth-order valence-corrected chi connectivity index (χ4v) is 4.25. The van der Waals surface area contributed by atoms with Crippen LogP contribution in [-0.2, 0) is 9.59 Å². The highest BCUT2D eigenvalue weighted by molar-refractivity contribution is 6.47. The van der Waals surface area contributed by atoms with Crippen LogP contribution >= 0.6 is 0 Å². The Labute approximate surface area is 176 Å². The highest BCUT2D eigenvalue weighted by Gasteiger charge is 2.49. The van der Waals surface area contributed by atoms with Gasteiger partial charge in [0.2, 0.25) is 5.91 Å². The smallest absolute Gasteiger partial charge is 0.275 e. The van der Waals surface area contributed by atoms with E-state index >= 15 is 0 Å². The first-order valence-corrected chi connectivity index (χ1v) is 10.3. The molecule has 30 heavy (non-hydrogen) atoms. The Morgan fingerprint density at radius 1 is 1.20 bits per heavy atom. The summed E-state index contributed by atoms with van der Waals surface area (Å²) in [6, 6.07) is 18.2. The molecule has 0 unspecified atom stereocenters. The Bertz CT molecular complexity index is 1030. The summed E-state index contributed by atoms with van der Waals surface area (Å²) in [5.74, 6) is 0.101. The molecule has 1 aliphatic carbocycles. The largest absolute Gasteiger partial charge is 0.325 e. The predicted molar refractivity (Wildman–Crippen MR) is 115 cm³/mol. The fourth-order valence-electron chi connectivity index (χ4n) is 4.25. The van der Waals surface area contributed by atoms with E-state index in [1.807, 2.05) is 30.3 Å². The lowest BCUT2D eigenvalue weighted by molar-refractivity contribution is -0.134. The standard InChI is InChI=1S/C24H24N4O2/c1-17-10-12-24(13-11-17)27-22(19-7-3-2-4-8-19)23(30)28(24)16-21(29)26-20-9-5-6-18(14-20)15-25/h2-9,14,17H,10-13,16H2,1H3,(H,26,29). The van der Waals surface area contributed by atoms with Crippen molar-refractivity contribution < 1.29 is 9.59 Å². The Kier molecular flexibility index (Phi) is 5.37. The second-order valence-corrected chi connectivity index (χ2v) is 8.12. The first-order chi connectivity index (χ1) is 14.5. The maximum atomic E-state index is 13.3. The van der Waals surface area contributed by atoms with Gasteiger partial charge in [-0.2, -0.15) is 5.26 Å². The zero-order valence-electron chi connectivity index (χ0n) is 17.0. The van der Waals surface area contributed by atoms with Gasteiger partial charge in [0.15, 0.2) is 0 Å². The third kappa shape index (κ3) is 3.84. The van der Waals surface area contributed by atoms with Crippen LogP contribution in [0.4, 0.5) is 5.69 Å². The Hall–Kier alpha value is -3.46. The Morgan fingerprint density at radius 2 is 1.93 bits per heavy atom. The zero-order valence-corrected chi connectivity index (χ0v) is 17.0. The number of nitrogens with one attached hydrogen (secondary N) is 1. The number of carbonyl (C=O) groups is 2. The van der Waals surface area contributed by atoms with Crippen molar-refractivity contribution in [1.29, 1.82) is 5.26 Å². The van der Waals surface area contributed by atoms with Gasteiger partial charge in [-0.1, -0.05) is 43.3 Å².